The Hall–Kier alpha value is -2.29. The van der Waals surface area contributed by atoms with Crippen molar-refractivity contribution >= 4 is 5.97 Å². The molecule has 0 spiro atoms. The quantitative estimate of drug-likeness (QED) is 0.373. The Morgan fingerprint density at radius 1 is 1.10 bits per heavy atom. The number of hydrogen-bond acceptors (Lipinski definition) is 6. The molecule has 7 nitrogen and oxygen atoms in total. The van der Waals surface area contributed by atoms with Gasteiger partial charge in [0.25, 0.3) is 0 Å². The lowest BCUT2D eigenvalue weighted by atomic mass is 9.98. The van der Waals surface area contributed by atoms with Crippen LogP contribution in [-0.2, 0) is 14.3 Å². The first-order valence-electron chi connectivity index (χ1n) is 10.4. The zero-order chi connectivity index (χ0) is 22.6. The van der Waals surface area contributed by atoms with Gasteiger partial charge in [0.2, 0.25) is 6.41 Å². The van der Waals surface area contributed by atoms with Crippen molar-refractivity contribution in [2.75, 3.05) is 26.9 Å². The maximum absolute atomic E-state index is 11.7. The summed E-state index contributed by atoms with van der Waals surface area (Å²) in [6, 6.07) is 15.1. The Morgan fingerprint density at radius 2 is 1.65 bits per heavy atom. The summed E-state index contributed by atoms with van der Waals surface area (Å²) in [6.45, 7) is 3.62. The number of ether oxygens (including phenoxy) is 2. The minimum absolute atomic E-state index is 0.0400. The first-order chi connectivity index (χ1) is 14.7. The fourth-order valence-corrected chi connectivity index (χ4v) is 3.77. The number of benzene rings is 2. The molecule has 2 atom stereocenters. The molecule has 0 aromatic heterocycles. The first-order valence-corrected chi connectivity index (χ1v) is 10.4. The number of carboxylic acid groups (broad SMARTS) is 1. The minimum atomic E-state index is -1.40. The highest BCUT2D eigenvalue weighted by molar-refractivity contribution is 5.78. The second kappa shape index (κ2) is 9.89. The average Bonchev–Trinajstić information content (AvgIpc) is 3.04. The highest BCUT2D eigenvalue weighted by Gasteiger charge is 2.32. The summed E-state index contributed by atoms with van der Waals surface area (Å²) in [5.41, 5.74) is 3.67. The molecule has 0 unspecified atom stereocenters. The minimum Gasteiger partial charge on any atom is -0.480 e. The van der Waals surface area contributed by atoms with E-state index in [1.807, 2.05) is 24.3 Å². The number of nitrogens with zero attached hydrogens (tertiary/aromatic N) is 1. The van der Waals surface area contributed by atoms with Crippen LogP contribution in [0.2, 0.25) is 0 Å². The van der Waals surface area contributed by atoms with Crippen LogP contribution in [0.15, 0.2) is 48.5 Å². The molecule has 0 radical (unpaired) electrons. The van der Waals surface area contributed by atoms with Crippen molar-refractivity contribution < 1.29 is 29.6 Å². The van der Waals surface area contributed by atoms with E-state index in [0.717, 1.165) is 22.3 Å². The number of hydrogen-bond donors (Lipinski definition) is 3. The standard InChI is InChI=1S/C24H31NO6/c1-24(2,29)12-13-30-15-21(22(26)27)25(3)23(28)31-14-20-18-10-6-4-8-16(18)17-9-5-7-11-19(17)20/h4-11,20-21,23,28-29H,12-15H2,1-3H3,(H,26,27)/t21-,23+/m0/s1. The largest absolute Gasteiger partial charge is 0.480 e. The Balaban J connectivity index is 1.61. The average molecular weight is 430 g/mol. The van der Waals surface area contributed by atoms with Gasteiger partial charge in [-0.1, -0.05) is 48.5 Å². The lowest BCUT2D eigenvalue weighted by Crippen LogP contribution is -2.49. The molecule has 168 valence electrons. The topological polar surface area (TPSA) is 99.5 Å². The smallest absolute Gasteiger partial charge is 0.323 e. The van der Waals surface area contributed by atoms with Crippen molar-refractivity contribution in [1.29, 1.82) is 0 Å². The van der Waals surface area contributed by atoms with Crippen molar-refractivity contribution in [3.05, 3.63) is 59.7 Å². The Morgan fingerprint density at radius 3 is 2.16 bits per heavy atom. The monoisotopic (exact) mass is 429 g/mol. The number of carboxylic acids is 1. The number of fused-ring (bicyclic) bond motifs is 3. The summed E-state index contributed by atoms with van der Waals surface area (Å²) in [5.74, 6) is -1.16. The van der Waals surface area contributed by atoms with Crippen molar-refractivity contribution in [3.63, 3.8) is 0 Å². The predicted molar refractivity (Wildman–Crippen MR) is 117 cm³/mol. The fourth-order valence-electron chi connectivity index (χ4n) is 3.77. The zero-order valence-electron chi connectivity index (χ0n) is 18.2. The molecule has 2 aromatic carbocycles. The van der Waals surface area contributed by atoms with Crippen molar-refractivity contribution in [1.82, 2.24) is 4.90 Å². The summed E-state index contributed by atoms with van der Waals surface area (Å²) in [4.78, 5) is 12.9. The Bertz CT molecular complexity index is 848. The van der Waals surface area contributed by atoms with Gasteiger partial charge in [0, 0.05) is 12.5 Å². The van der Waals surface area contributed by atoms with Crippen LogP contribution >= 0.6 is 0 Å². The van der Waals surface area contributed by atoms with E-state index in [1.54, 1.807) is 13.8 Å². The summed E-state index contributed by atoms with van der Waals surface area (Å²) in [6.07, 6.45) is -1.03. The first kappa shape index (κ1) is 23.4. The lowest BCUT2D eigenvalue weighted by Gasteiger charge is -2.30. The Kier molecular flexibility index (Phi) is 7.46. The van der Waals surface area contributed by atoms with Gasteiger partial charge in [-0.3, -0.25) is 4.79 Å². The number of aliphatic carboxylic acids is 1. The van der Waals surface area contributed by atoms with Crippen molar-refractivity contribution in [2.45, 2.75) is 44.2 Å². The fraction of sp³-hybridized carbons (Fsp3) is 0.458. The van der Waals surface area contributed by atoms with Crippen LogP contribution in [0.5, 0.6) is 0 Å². The van der Waals surface area contributed by atoms with Gasteiger partial charge in [0.1, 0.15) is 6.04 Å². The highest BCUT2D eigenvalue weighted by atomic mass is 16.6. The van der Waals surface area contributed by atoms with Crippen LogP contribution in [0.1, 0.15) is 37.3 Å². The predicted octanol–water partition coefficient (Wildman–Crippen LogP) is 2.65. The van der Waals surface area contributed by atoms with E-state index < -0.39 is 24.0 Å². The van der Waals surface area contributed by atoms with Crippen LogP contribution in [-0.4, -0.2) is 71.1 Å². The van der Waals surface area contributed by atoms with Gasteiger partial charge in [-0.2, -0.15) is 0 Å². The van der Waals surface area contributed by atoms with Crippen molar-refractivity contribution in [2.24, 2.45) is 0 Å². The highest BCUT2D eigenvalue weighted by Crippen LogP contribution is 2.44. The number of aliphatic hydroxyl groups is 2. The summed E-state index contributed by atoms with van der Waals surface area (Å²) < 4.78 is 11.1. The second-order valence-corrected chi connectivity index (χ2v) is 8.54. The molecular formula is C24H31NO6. The summed E-state index contributed by atoms with van der Waals surface area (Å²) in [5, 5.41) is 29.8. The van der Waals surface area contributed by atoms with E-state index in [-0.39, 0.29) is 25.7 Å². The Labute approximate surface area is 182 Å². The molecule has 0 aliphatic heterocycles. The zero-order valence-corrected chi connectivity index (χ0v) is 18.2. The van der Waals surface area contributed by atoms with Crippen LogP contribution < -0.4 is 0 Å². The molecular weight excluding hydrogens is 398 g/mol. The van der Waals surface area contributed by atoms with Crippen LogP contribution in [0, 0.1) is 0 Å². The van der Waals surface area contributed by atoms with Crippen LogP contribution in [0.25, 0.3) is 11.1 Å². The second-order valence-electron chi connectivity index (χ2n) is 8.54. The summed E-state index contributed by atoms with van der Waals surface area (Å²) >= 11 is 0. The van der Waals surface area contributed by atoms with Crippen LogP contribution in [0.4, 0.5) is 0 Å². The molecule has 3 N–H and O–H groups in total. The third-order valence-electron chi connectivity index (χ3n) is 5.63. The molecule has 0 fully saturated rings. The van der Waals surface area contributed by atoms with E-state index in [1.165, 1.54) is 11.9 Å². The van der Waals surface area contributed by atoms with Crippen molar-refractivity contribution in [3.8, 4) is 11.1 Å². The molecule has 0 saturated heterocycles. The number of aliphatic hydroxyl groups excluding tert-OH is 1. The van der Waals surface area contributed by atoms with Gasteiger partial charge >= 0.3 is 5.97 Å². The van der Waals surface area contributed by atoms with Gasteiger partial charge in [0.05, 0.1) is 18.8 Å². The van der Waals surface area contributed by atoms with E-state index in [9.17, 15) is 20.1 Å². The van der Waals surface area contributed by atoms with Crippen LogP contribution in [0.3, 0.4) is 0 Å². The van der Waals surface area contributed by atoms with E-state index in [4.69, 9.17) is 9.47 Å². The molecule has 0 bridgehead atoms. The number of carbonyl (C=O) groups is 1. The molecule has 3 rings (SSSR count). The van der Waals surface area contributed by atoms with Gasteiger partial charge in [-0.05, 0) is 49.6 Å². The molecule has 31 heavy (non-hydrogen) atoms. The molecule has 1 aliphatic rings. The van der Waals surface area contributed by atoms with Gasteiger partial charge in [-0.25, -0.2) is 4.90 Å². The van der Waals surface area contributed by atoms with E-state index in [2.05, 4.69) is 24.3 Å². The van der Waals surface area contributed by atoms with Gasteiger partial charge in [0.15, 0.2) is 0 Å². The summed E-state index contributed by atoms with van der Waals surface area (Å²) in [7, 11) is 1.49. The maximum atomic E-state index is 11.7. The van der Waals surface area contributed by atoms with Gasteiger partial charge in [-0.15, -0.1) is 0 Å². The van der Waals surface area contributed by atoms with E-state index >= 15 is 0 Å². The molecule has 1 aliphatic carbocycles. The normalized spacial score (nSPS) is 15.5. The van der Waals surface area contributed by atoms with E-state index in [0.29, 0.717) is 6.42 Å². The van der Waals surface area contributed by atoms with Gasteiger partial charge < -0.3 is 24.8 Å². The third kappa shape index (κ3) is 5.70. The molecule has 0 heterocycles. The third-order valence-corrected chi connectivity index (χ3v) is 5.63. The molecule has 2 aromatic rings. The molecule has 0 saturated carbocycles. The maximum Gasteiger partial charge on any atom is 0.323 e. The molecule has 0 amide bonds. The lowest BCUT2D eigenvalue weighted by molar-refractivity contribution is -0.208. The molecule has 7 heteroatoms. The number of rotatable bonds is 11. The SMILES string of the molecule is CN([C@H](O)OCC1c2ccccc2-c2ccccc21)[C@@H](COCCC(C)(C)O)C(=O)O. The number of likely N-dealkylation sites (N-methyl/N-ethyl adjacent to an activating group) is 1.